The maximum absolute atomic E-state index is 11.4. The third-order valence-electron chi connectivity index (χ3n) is 1.97. The fourth-order valence-electron chi connectivity index (χ4n) is 1.13. The molecule has 0 saturated heterocycles. The van der Waals surface area contributed by atoms with Crippen molar-refractivity contribution < 1.29 is 9.53 Å². The average molecular weight is 212 g/mol. The van der Waals surface area contributed by atoms with Gasteiger partial charge in [0, 0.05) is 12.6 Å². The first-order chi connectivity index (χ1) is 6.99. The highest BCUT2D eigenvalue weighted by atomic mass is 16.5. The van der Waals surface area contributed by atoms with E-state index in [0.717, 1.165) is 4.68 Å². The van der Waals surface area contributed by atoms with Crippen molar-refractivity contribution in [3.05, 3.63) is 31.8 Å². The van der Waals surface area contributed by atoms with Gasteiger partial charge in [0.05, 0.1) is 6.61 Å². The van der Waals surface area contributed by atoms with E-state index in [0.29, 0.717) is 0 Å². The van der Waals surface area contributed by atoms with Crippen LogP contribution in [-0.4, -0.2) is 22.4 Å². The number of aromatic amines is 1. The van der Waals surface area contributed by atoms with Crippen LogP contribution in [-0.2, 0) is 11.8 Å². The van der Waals surface area contributed by atoms with Crippen LogP contribution in [0.15, 0.2) is 9.59 Å². The van der Waals surface area contributed by atoms with Crippen molar-refractivity contribution in [3.8, 4) is 0 Å². The van der Waals surface area contributed by atoms with Crippen LogP contribution in [0.1, 0.15) is 23.0 Å². The summed E-state index contributed by atoms with van der Waals surface area (Å²) in [6.45, 7) is 3.28. The van der Waals surface area contributed by atoms with E-state index in [1.807, 2.05) is 0 Å². The fraction of sp³-hybridized carbons (Fsp3) is 0.444. The van der Waals surface area contributed by atoms with Gasteiger partial charge in [-0.1, -0.05) is 0 Å². The molecule has 1 heterocycles. The topological polar surface area (TPSA) is 81.2 Å². The van der Waals surface area contributed by atoms with E-state index >= 15 is 0 Å². The summed E-state index contributed by atoms with van der Waals surface area (Å²) in [5.74, 6) is -0.636. The minimum Gasteiger partial charge on any atom is -0.461 e. The van der Waals surface area contributed by atoms with Crippen LogP contribution in [0, 0.1) is 6.92 Å². The second kappa shape index (κ2) is 4.12. The predicted molar refractivity (Wildman–Crippen MR) is 53.0 cm³/mol. The molecule has 6 nitrogen and oxygen atoms in total. The van der Waals surface area contributed by atoms with Crippen LogP contribution in [0.4, 0.5) is 0 Å². The number of H-pyrrole nitrogens is 1. The molecule has 0 amide bonds. The largest absolute Gasteiger partial charge is 0.461 e. The van der Waals surface area contributed by atoms with Gasteiger partial charge in [0.15, 0.2) is 0 Å². The van der Waals surface area contributed by atoms with Crippen molar-refractivity contribution in [1.29, 1.82) is 0 Å². The van der Waals surface area contributed by atoms with E-state index in [1.54, 1.807) is 6.92 Å². The van der Waals surface area contributed by atoms with Crippen LogP contribution >= 0.6 is 0 Å². The van der Waals surface area contributed by atoms with Gasteiger partial charge in [-0.2, -0.15) is 0 Å². The summed E-state index contributed by atoms with van der Waals surface area (Å²) in [5.41, 5.74) is -1.29. The van der Waals surface area contributed by atoms with Crippen LogP contribution in [0.2, 0.25) is 0 Å². The van der Waals surface area contributed by atoms with Gasteiger partial charge in [0.25, 0.3) is 0 Å². The molecule has 0 saturated carbocycles. The highest BCUT2D eigenvalue weighted by Crippen LogP contribution is 1.98. The quantitative estimate of drug-likeness (QED) is 0.532. The molecule has 0 unspecified atom stereocenters. The van der Waals surface area contributed by atoms with E-state index < -0.39 is 17.0 Å². The summed E-state index contributed by atoms with van der Waals surface area (Å²) in [6.07, 6.45) is 0. The zero-order valence-corrected chi connectivity index (χ0v) is 8.79. The Hall–Kier alpha value is -1.85. The van der Waals surface area contributed by atoms with Crippen molar-refractivity contribution in [2.24, 2.45) is 7.05 Å². The first kappa shape index (κ1) is 11.2. The number of hydrogen-bond donors (Lipinski definition) is 1. The summed E-state index contributed by atoms with van der Waals surface area (Å²) >= 11 is 0. The third kappa shape index (κ3) is 1.98. The van der Waals surface area contributed by atoms with Gasteiger partial charge < -0.3 is 4.74 Å². The van der Waals surface area contributed by atoms with Gasteiger partial charge in [0.1, 0.15) is 5.69 Å². The van der Waals surface area contributed by atoms with E-state index in [-0.39, 0.29) is 17.9 Å². The van der Waals surface area contributed by atoms with Crippen molar-refractivity contribution in [2.75, 3.05) is 6.61 Å². The Morgan fingerprint density at radius 3 is 2.60 bits per heavy atom. The molecule has 82 valence electrons. The van der Waals surface area contributed by atoms with Gasteiger partial charge in [-0.25, -0.2) is 4.79 Å². The molecule has 0 aliphatic heterocycles. The van der Waals surface area contributed by atoms with Crippen molar-refractivity contribution in [3.63, 3.8) is 0 Å². The normalized spacial score (nSPS) is 10.1. The van der Waals surface area contributed by atoms with Crippen LogP contribution in [0.25, 0.3) is 0 Å². The molecule has 0 fully saturated rings. The monoisotopic (exact) mass is 212 g/mol. The number of aromatic nitrogens is 2. The number of aryl methyl sites for hydroxylation is 1. The van der Waals surface area contributed by atoms with E-state index in [9.17, 15) is 14.4 Å². The molecular weight excluding hydrogens is 200 g/mol. The molecule has 1 rings (SSSR count). The SMILES string of the molecule is CCOC(=O)c1[nH]n(C)c(=O)c(=O)c1C. The van der Waals surface area contributed by atoms with Crippen molar-refractivity contribution in [2.45, 2.75) is 13.8 Å². The number of nitrogens with one attached hydrogen (secondary N) is 1. The van der Waals surface area contributed by atoms with Crippen LogP contribution < -0.4 is 11.0 Å². The molecule has 0 radical (unpaired) electrons. The lowest BCUT2D eigenvalue weighted by molar-refractivity contribution is 0.0515. The molecule has 15 heavy (non-hydrogen) atoms. The molecular formula is C9H12N2O4. The van der Waals surface area contributed by atoms with Gasteiger partial charge >= 0.3 is 11.5 Å². The zero-order valence-electron chi connectivity index (χ0n) is 8.79. The molecule has 0 aliphatic rings. The number of carbonyl (C=O) groups excluding carboxylic acids is 1. The second-order valence-corrected chi connectivity index (χ2v) is 3.03. The Morgan fingerprint density at radius 1 is 1.47 bits per heavy atom. The number of rotatable bonds is 2. The highest BCUT2D eigenvalue weighted by Gasteiger charge is 2.15. The van der Waals surface area contributed by atoms with Crippen molar-refractivity contribution >= 4 is 5.97 Å². The number of carbonyl (C=O) groups is 1. The van der Waals surface area contributed by atoms with Gasteiger partial charge in [0.2, 0.25) is 5.43 Å². The molecule has 0 aliphatic carbocycles. The number of esters is 1. The molecule has 0 bridgehead atoms. The van der Waals surface area contributed by atoms with Gasteiger partial charge in [-0.15, -0.1) is 0 Å². The smallest absolute Gasteiger partial charge is 0.356 e. The first-order valence-corrected chi connectivity index (χ1v) is 4.46. The Bertz CT molecular complexity index is 498. The Morgan fingerprint density at radius 2 is 2.07 bits per heavy atom. The minimum absolute atomic E-state index is 0.0175. The Kier molecular flexibility index (Phi) is 3.08. The standard InChI is InChI=1S/C9H12N2O4/c1-4-15-9(14)6-5(2)7(12)8(13)11(3)10-6/h10H,4H2,1-3H3. The summed E-state index contributed by atoms with van der Waals surface area (Å²) < 4.78 is 5.69. The van der Waals surface area contributed by atoms with E-state index in [4.69, 9.17) is 4.74 Å². The molecule has 6 heteroatoms. The lowest BCUT2D eigenvalue weighted by Gasteiger charge is -2.06. The third-order valence-corrected chi connectivity index (χ3v) is 1.97. The number of ether oxygens (including phenoxy) is 1. The number of hydrogen-bond acceptors (Lipinski definition) is 4. The van der Waals surface area contributed by atoms with Crippen LogP contribution in [0.5, 0.6) is 0 Å². The van der Waals surface area contributed by atoms with Gasteiger partial charge in [-0.3, -0.25) is 19.4 Å². The Labute approximate surface area is 85.5 Å². The number of nitrogens with zero attached hydrogens (tertiary/aromatic N) is 1. The van der Waals surface area contributed by atoms with Gasteiger partial charge in [-0.05, 0) is 13.8 Å². The molecule has 0 aromatic carbocycles. The minimum atomic E-state index is -0.695. The molecule has 1 N–H and O–H groups in total. The fourth-order valence-corrected chi connectivity index (χ4v) is 1.13. The maximum Gasteiger partial charge on any atom is 0.356 e. The highest BCUT2D eigenvalue weighted by molar-refractivity contribution is 5.88. The summed E-state index contributed by atoms with van der Waals surface area (Å²) in [6, 6.07) is 0. The summed E-state index contributed by atoms with van der Waals surface area (Å²) in [4.78, 5) is 33.9. The lowest BCUT2D eigenvalue weighted by atomic mass is 10.2. The lowest BCUT2D eigenvalue weighted by Crippen LogP contribution is -2.38. The van der Waals surface area contributed by atoms with E-state index in [2.05, 4.69) is 5.10 Å². The van der Waals surface area contributed by atoms with E-state index in [1.165, 1.54) is 14.0 Å². The second-order valence-electron chi connectivity index (χ2n) is 3.03. The Balaban J connectivity index is 3.39. The summed E-state index contributed by atoms with van der Waals surface area (Å²) in [5, 5.41) is 2.50. The average Bonchev–Trinajstić information content (AvgIpc) is 2.20. The molecule has 0 atom stereocenters. The molecule has 1 aromatic rings. The maximum atomic E-state index is 11.4. The molecule has 0 spiro atoms. The zero-order chi connectivity index (χ0) is 11.6. The first-order valence-electron chi connectivity index (χ1n) is 4.46. The predicted octanol–water partition coefficient (Wildman–Crippen LogP) is -0.441. The van der Waals surface area contributed by atoms with Crippen LogP contribution in [0.3, 0.4) is 0 Å². The summed E-state index contributed by atoms with van der Waals surface area (Å²) in [7, 11) is 1.37. The van der Waals surface area contributed by atoms with Crippen molar-refractivity contribution in [1.82, 2.24) is 9.78 Å². The molecule has 1 aromatic heterocycles.